The number of carbonyl (C=O) groups excluding carboxylic acids is 1. The van der Waals surface area contributed by atoms with Crippen molar-refractivity contribution in [3.05, 3.63) is 50.2 Å². The number of aldehydes is 1. The number of pyridine rings is 1. The Kier molecular flexibility index (Phi) is 12.0. The molecule has 0 spiro atoms. The maximum atomic E-state index is 11.3. The molecule has 0 aliphatic heterocycles. The normalized spacial score (nSPS) is 10.9. The first-order valence-corrected chi connectivity index (χ1v) is 9.17. The third-order valence-electron chi connectivity index (χ3n) is 3.35. The maximum Gasteiger partial charge on any atom is 0.469 e. The number of nitro benzene ring substituents is 1. The fourth-order valence-corrected chi connectivity index (χ4v) is 2.48. The molecule has 1 aromatic carbocycles. The number of phosphoric acid groups is 1. The van der Waals surface area contributed by atoms with E-state index in [1.807, 2.05) is 0 Å². The second-order valence-electron chi connectivity index (χ2n) is 5.24. The molecule has 150 valence electrons. The van der Waals surface area contributed by atoms with Crippen molar-refractivity contribution in [3.63, 3.8) is 0 Å². The fourth-order valence-electron chi connectivity index (χ4n) is 2.03. The molecule has 1 aromatic heterocycles. The van der Waals surface area contributed by atoms with E-state index in [2.05, 4.69) is 19.7 Å². The molecule has 0 aliphatic rings. The topological polar surface area (TPSA) is 185 Å². The molecule has 0 saturated heterocycles. The minimum Gasteiger partial charge on any atom is -0.505 e. The largest absolute Gasteiger partial charge is 0.505 e. The number of phosphoric ester groups is 1. The van der Waals surface area contributed by atoms with Crippen molar-refractivity contribution in [2.24, 2.45) is 10.2 Å². The van der Waals surface area contributed by atoms with Crippen LogP contribution in [0.3, 0.4) is 0 Å². The van der Waals surface area contributed by atoms with E-state index in [1.165, 1.54) is 13.0 Å². The van der Waals surface area contributed by atoms with Gasteiger partial charge in [0, 0.05) is 76.8 Å². The standard InChI is InChI=1S/C14H12ClN4O8P.2Na/c1-7-13(21)9(5-20)10(6-27-28(24,25)26)14(16-7)18-17-12-4-8(19(22)23)2-3-11(12)15;;/h2-5,21H,6H2,1H3,(H2,24,25,26);;. The number of nitrogens with zero attached hydrogens (tertiary/aromatic N) is 4. The van der Waals surface area contributed by atoms with Crippen molar-refractivity contribution in [1.82, 2.24) is 4.98 Å². The van der Waals surface area contributed by atoms with Gasteiger partial charge in [-0.25, -0.2) is 9.55 Å². The monoisotopic (exact) mass is 476 g/mol. The molecule has 3 N–H and O–H groups in total. The number of azo groups is 1. The Morgan fingerprint density at radius 1 is 1.33 bits per heavy atom. The van der Waals surface area contributed by atoms with Crippen molar-refractivity contribution in [2.45, 2.75) is 13.5 Å². The Balaban J connectivity index is 0.00000420. The van der Waals surface area contributed by atoms with Crippen molar-refractivity contribution in [3.8, 4) is 5.75 Å². The second kappa shape index (κ2) is 12.3. The number of aromatic hydroxyl groups is 1. The van der Waals surface area contributed by atoms with Crippen LogP contribution in [0, 0.1) is 17.0 Å². The van der Waals surface area contributed by atoms with Crippen LogP contribution in [0.25, 0.3) is 0 Å². The molecular formula is C14H12ClN4Na2O8P. The van der Waals surface area contributed by atoms with Crippen LogP contribution in [-0.2, 0) is 15.7 Å². The summed E-state index contributed by atoms with van der Waals surface area (Å²) in [6.45, 7) is 0.547. The molecule has 12 nitrogen and oxygen atoms in total. The van der Waals surface area contributed by atoms with Crippen molar-refractivity contribution in [2.75, 3.05) is 0 Å². The summed E-state index contributed by atoms with van der Waals surface area (Å²) in [5.41, 5.74) is -0.988. The van der Waals surface area contributed by atoms with Crippen LogP contribution in [0.4, 0.5) is 17.2 Å². The summed E-state index contributed by atoms with van der Waals surface area (Å²) < 4.78 is 15.3. The summed E-state index contributed by atoms with van der Waals surface area (Å²) in [5.74, 6) is -0.819. The number of hydrogen-bond donors (Lipinski definition) is 3. The molecule has 2 radical (unpaired) electrons. The Labute approximate surface area is 218 Å². The molecule has 1 heterocycles. The molecule has 0 aliphatic carbocycles. The molecule has 0 unspecified atom stereocenters. The van der Waals surface area contributed by atoms with Crippen molar-refractivity contribution in [1.29, 1.82) is 0 Å². The number of benzene rings is 1. The minimum atomic E-state index is -4.90. The third kappa shape index (κ3) is 7.74. The van der Waals surface area contributed by atoms with Gasteiger partial charge in [-0.2, -0.15) is 0 Å². The molecule has 0 bridgehead atoms. The molecule has 2 aromatic rings. The molecule has 2 rings (SSSR count). The SMILES string of the molecule is Cc1nc(N=Nc2cc([N+](=O)[O-])ccc2Cl)c(COP(=O)(O)O)c(C=O)c1O.[Na].[Na]. The maximum absolute atomic E-state index is 11.3. The van der Waals surface area contributed by atoms with Gasteiger partial charge in [0.05, 0.1) is 27.8 Å². The van der Waals surface area contributed by atoms with Crippen LogP contribution in [-0.4, -0.2) is 90.2 Å². The van der Waals surface area contributed by atoms with Crippen LogP contribution in [0.1, 0.15) is 21.6 Å². The van der Waals surface area contributed by atoms with E-state index in [-0.39, 0.29) is 104 Å². The molecule has 0 atom stereocenters. The number of halogens is 1. The van der Waals surface area contributed by atoms with Gasteiger partial charge in [-0.15, -0.1) is 10.2 Å². The van der Waals surface area contributed by atoms with E-state index < -0.39 is 25.1 Å². The van der Waals surface area contributed by atoms with Gasteiger partial charge >= 0.3 is 7.82 Å². The van der Waals surface area contributed by atoms with E-state index in [0.717, 1.165) is 12.1 Å². The zero-order chi connectivity index (χ0) is 21.1. The van der Waals surface area contributed by atoms with E-state index >= 15 is 0 Å². The number of nitro groups is 1. The number of aryl methyl sites for hydroxylation is 1. The van der Waals surface area contributed by atoms with Crippen molar-refractivity contribution < 1.29 is 33.7 Å². The van der Waals surface area contributed by atoms with Gasteiger partial charge in [0.2, 0.25) is 0 Å². The summed E-state index contributed by atoms with van der Waals surface area (Å²) >= 11 is 5.92. The number of aromatic nitrogens is 1. The van der Waals surface area contributed by atoms with Gasteiger partial charge in [0.15, 0.2) is 12.1 Å². The summed E-state index contributed by atoms with van der Waals surface area (Å²) in [4.78, 5) is 43.2. The van der Waals surface area contributed by atoms with Crippen LogP contribution in [0.2, 0.25) is 5.02 Å². The summed E-state index contributed by atoms with van der Waals surface area (Å²) in [6, 6.07) is 3.44. The molecule has 0 saturated carbocycles. The van der Waals surface area contributed by atoms with E-state index in [4.69, 9.17) is 21.4 Å². The quantitative estimate of drug-likeness (QED) is 0.135. The molecule has 0 amide bonds. The second-order valence-corrected chi connectivity index (χ2v) is 6.88. The fraction of sp³-hybridized carbons (Fsp3) is 0.143. The Morgan fingerprint density at radius 3 is 2.50 bits per heavy atom. The average Bonchev–Trinajstić information content (AvgIpc) is 2.61. The summed E-state index contributed by atoms with van der Waals surface area (Å²) in [7, 11) is -4.90. The zero-order valence-corrected chi connectivity index (χ0v) is 21.7. The Bertz CT molecular complexity index is 1030. The van der Waals surface area contributed by atoms with Gasteiger partial charge in [0.25, 0.3) is 5.69 Å². The number of carbonyl (C=O) groups is 1. The molecule has 30 heavy (non-hydrogen) atoms. The van der Waals surface area contributed by atoms with Gasteiger partial charge in [-0.05, 0) is 13.0 Å². The number of non-ortho nitro benzene ring substituents is 1. The molecular weight excluding hydrogens is 465 g/mol. The van der Waals surface area contributed by atoms with Gasteiger partial charge in [-0.3, -0.25) is 19.4 Å². The predicted molar refractivity (Wildman–Crippen MR) is 107 cm³/mol. The van der Waals surface area contributed by atoms with E-state index in [0.29, 0.717) is 0 Å². The summed E-state index contributed by atoms with van der Waals surface area (Å²) in [6.07, 6.45) is 0.238. The molecule has 0 fully saturated rings. The van der Waals surface area contributed by atoms with Crippen LogP contribution < -0.4 is 0 Å². The number of hydrogen-bond acceptors (Lipinski definition) is 9. The first-order chi connectivity index (χ1) is 13.0. The first-order valence-electron chi connectivity index (χ1n) is 7.27. The van der Waals surface area contributed by atoms with Gasteiger partial charge < -0.3 is 14.9 Å². The van der Waals surface area contributed by atoms with E-state index in [1.54, 1.807) is 0 Å². The zero-order valence-electron chi connectivity index (χ0n) is 16.0. The van der Waals surface area contributed by atoms with Crippen LogP contribution >= 0.6 is 19.4 Å². The van der Waals surface area contributed by atoms with Crippen molar-refractivity contribution >= 4 is 102 Å². The van der Waals surface area contributed by atoms with Crippen LogP contribution in [0.15, 0.2) is 28.4 Å². The van der Waals surface area contributed by atoms with Gasteiger partial charge in [0.1, 0.15) is 11.4 Å². The Morgan fingerprint density at radius 2 is 1.97 bits per heavy atom. The number of rotatable bonds is 7. The summed E-state index contributed by atoms with van der Waals surface area (Å²) in [5, 5.41) is 28.3. The smallest absolute Gasteiger partial charge is 0.469 e. The van der Waals surface area contributed by atoms with Gasteiger partial charge in [-0.1, -0.05) is 11.6 Å². The van der Waals surface area contributed by atoms with E-state index in [9.17, 15) is 24.6 Å². The van der Waals surface area contributed by atoms with Crippen LogP contribution in [0.5, 0.6) is 5.75 Å². The first kappa shape index (κ1) is 29.2. The molecule has 16 heteroatoms. The average molecular weight is 477 g/mol. The Hall–Kier alpha value is -0.760. The third-order valence-corrected chi connectivity index (χ3v) is 4.14. The minimum absolute atomic E-state index is 0. The predicted octanol–water partition coefficient (Wildman–Crippen LogP) is 2.73.